The van der Waals surface area contributed by atoms with Crippen molar-refractivity contribution < 1.29 is 19.4 Å². The smallest absolute Gasteiger partial charge is 0.270 e. The van der Waals surface area contributed by atoms with E-state index in [0.29, 0.717) is 23.6 Å². The lowest BCUT2D eigenvalue weighted by Gasteiger charge is -2.29. The molecular formula is C19H16N2O4S. The molecule has 7 heteroatoms. The molecule has 1 heterocycles. The number of hydrogen-bond acceptors (Lipinski definition) is 5. The first kappa shape index (κ1) is 17.6. The van der Waals surface area contributed by atoms with Gasteiger partial charge in [-0.05, 0) is 43.4 Å². The van der Waals surface area contributed by atoms with E-state index in [9.17, 15) is 14.7 Å². The highest BCUT2D eigenvalue weighted by Crippen LogP contribution is 2.27. The van der Waals surface area contributed by atoms with Crippen LogP contribution >= 0.6 is 12.2 Å². The molecule has 2 aromatic carbocycles. The maximum atomic E-state index is 12.9. The Labute approximate surface area is 155 Å². The van der Waals surface area contributed by atoms with E-state index in [4.69, 9.17) is 17.0 Å². The number of rotatable bonds is 4. The molecule has 0 bridgehead atoms. The number of anilines is 1. The van der Waals surface area contributed by atoms with Crippen LogP contribution in [0.2, 0.25) is 0 Å². The van der Waals surface area contributed by atoms with Crippen LogP contribution in [0, 0.1) is 0 Å². The minimum absolute atomic E-state index is 0.0110. The summed E-state index contributed by atoms with van der Waals surface area (Å²) in [6, 6.07) is 13.3. The minimum Gasteiger partial charge on any atom is -0.507 e. The lowest BCUT2D eigenvalue weighted by molar-refractivity contribution is -0.122. The van der Waals surface area contributed by atoms with Crippen molar-refractivity contribution in [1.29, 1.82) is 0 Å². The maximum Gasteiger partial charge on any atom is 0.270 e. The Morgan fingerprint density at radius 3 is 2.69 bits per heavy atom. The summed E-state index contributed by atoms with van der Waals surface area (Å²) >= 11 is 5.17. The second-order valence-electron chi connectivity index (χ2n) is 5.45. The van der Waals surface area contributed by atoms with Gasteiger partial charge in [0, 0.05) is 11.6 Å². The van der Waals surface area contributed by atoms with E-state index in [0.717, 1.165) is 0 Å². The number of aromatic hydroxyl groups is 1. The summed E-state index contributed by atoms with van der Waals surface area (Å²) in [6.07, 6.45) is 1.34. The van der Waals surface area contributed by atoms with Crippen molar-refractivity contribution in [3.63, 3.8) is 0 Å². The van der Waals surface area contributed by atoms with E-state index in [-0.39, 0.29) is 16.4 Å². The van der Waals surface area contributed by atoms with Crippen molar-refractivity contribution in [2.45, 2.75) is 6.92 Å². The highest BCUT2D eigenvalue weighted by molar-refractivity contribution is 7.80. The number of phenolic OH excluding ortho intramolecular Hbond substituents is 1. The molecule has 0 spiro atoms. The molecule has 0 atom stereocenters. The quantitative estimate of drug-likeness (QED) is 0.493. The zero-order valence-electron chi connectivity index (χ0n) is 13.9. The Hall–Kier alpha value is -3.19. The number of phenols is 1. The topological polar surface area (TPSA) is 78.9 Å². The Bertz CT molecular complexity index is 923. The van der Waals surface area contributed by atoms with E-state index in [1.807, 2.05) is 6.92 Å². The van der Waals surface area contributed by atoms with E-state index in [1.54, 1.807) is 42.5 Å². The number of benzene rings is 2. The Kier molecular flexibility index (Phi) is 4.99. The van der Waals surface area contributed by atoms with Crippen molar-refractivity contribution in [3.05, 3.63) is 59.7 Å². The molecule has 0 radical (unpaired) electrons. The highest BCUT2D eigenvalue weighted by Gasteiger charge is 2.34. The second kappa shape index (κ2) is 7.37. The molecule has 0 unspecified atom stereocenters. The molecule has 2 aromatic rings. The van der Waals surface area contributed by atoms with Gasteiger partial charge in [0.05, 0.1) is 12.3 Å². The molecule has 132 valence electrons. The molecule has 26 heavy (non-hydrogen) atoms. The van der Waals surface area contributed by atoms with E-state index < -0.39 is 11.8 Å². The number of thiocarbonyl (C=S) groups is 1. The summed E-state index contributed by atoms with van der Waals surface area (Å²) in [5, 5.41) is 12.4. The fraction of sp³-hybridized carbons (Fsp3) is 0.105. The highest BCUT2D eigenvalue weighted by atomic mass is 32.1. The number of para-hydroxylation sites is 1. The van der Waals surface area contributed by atoms with Gasteiger partial charge in [-0.1, -0.05) is 24.3 Å². The van der Waals surface area contributed by atoms with Crippen molar-refractivity contribution in [3.8, 4) is 11.5 Å². The summed E-state index contributed by atoms with van der Waals surface area (Å²) < 4.78 is 5.45. The molecule has 0 aromatic heterocycles. The van der Waals surface area contributed by atoms with Crippen LogP contribution in [0.15, 0.2) is 54.1 Å². The normalized spacial score (nSPS) is 16.0. The number of carbonyl (C=O) groups excluding carboxylic acids is 2. The summed E-state index contributed by atoms with van der Waals surface area (Å²) in [7, 11) is 0. The molecule has 6 nitrogen and oxygen atoms in total. The standard InChI is InChI=1S/C19H16N2O4S/c1-2-25-14-8-5-7-13(11-14)21-18(24)15(17(23)20-19(21)26)10-12-6-3-4-9-16(12)22/h3-11,22H,2H2,1H3,(H,20,23,26)/b15-10+. The molecule has 1 aliphatic rings. The Morgan fingerprint density at radius 2 is 1.96 bits per heavy atom. The number of hydrogen-bond donors (Lipinski definition) is 2. The second-order valence-corrected chi connectivity index (χ2v) is 5.83. The number of nitrogens with one attached hydrogen (secondary N) is 1. The predicted molar refractivity (Wildman–Crippen MR) is 102 cm³/mol. The van der Waals surface area contributed by atoms with E-state index in [1.165, 1.54) is 17.0 Å². The van der Waals surface area contributed by atoms with E-state index in [2.05, 4.69) is 5.32 Å². The van der Waals surface area contributed by atoms with Crippen molar-refractivity contribution in [1.82, 2.24) is 5.32 Å². The lowest BCUT2D eigenvalue weighted by Crippen LogP contribution is -2.54. The summed E-state index contributed by atoms with van der Waals surface area (Å²) in [5.41, 5.74) is 0.720. The fourth-order valence-corrected chi connectivity index (χ4v) is 2.82. The summed E-state index contributed by atoms with van der Waals surface area (Å²) in [5.74, 6) is -0.626. The van der Waals surface area contributed by atoms with Crippen LogP contribution in [-0.2, 0) is 9.59 Å². The molecule has 2 amide bonds. The van der Waals surface area contributed by atoms with Crippen LogP contribution < -0.4 is 15.0 Å². The number of nitrogens with zero attached hydrogens (tertiary/aromatic N) is 1. The molecule has 1 aliphatic heterocycles. The van der Waals surface area contributed by atoms with E-state index >= 15 is 0 Å². The van der Waals surface area contributed by atoms with Gasteiger partial charge in [-0.3, -0.25) is 19.8 Å². The minimum atomic E-state index is -0.611. The van der Waals surface area contributed by atoms with Gasteiger partial charge in [0.15, 0.2) is 5.11 Å². The van der Waals surface area contributed by atoms with Crippen LogP contribution in [0.3, 0.4) is 0 Å². The van der Waals surface area contributed by atoms with Gasteiger partial charge in [0.2, 0.25) is 0 Å². The van der Waals surface area contributed by atoms with Gasteiger partial charge in [-0.2, -0.15) is 0 Å². The Morgan fingerprint density at radius 1 is 1.19 bits per heavy atom. The molecule has 0 aliphatic carbocycles. The molecule has 3 rings (SSSR count). The first-order valence-electron chi connectivity index (χ1n) is 7.93. The summed E-state index contributed by atoms with van der Waals surface area (Å²) in [4.78, 5) is 26.4. The van der Waals surface area contributed by atoms with Crippen LogP contribution in [0.4, 0.5) is 5.69 Å². The first-order chi connectivity index (χ1) is 12.5. The average molecular weight is 368 g/mol. The average Bonchev–Trinajstić information content (AvgIpc) is 2.60. The van der Waals surface area contributed by atoms with Crippen LogP contribution in [-0.4, -0.2) is 28.6 Å². The van der Waals surface area contributed by atoms with Crippen LogP contribution in [0.5, 0.6) is 11.5 Å². The van der Waals surface area contributed by atoms with Gasteiger partial charge in [-0.25, -0.2) is 0 Å². The predicted octanol–water partition coefficient (Wildman–Crippen LogP) is 2.62. The van der Waals surface area contributed by atoms with Crippen molar-refractivity contribution in [2.75, 3.05) is 11.5 Å². The third-order valence-corrected chi connectivity index (χ3v) is 4.01. The number of carbonyl (C=O) groups is 2. The first-order valence-corrected chi connectivity index (χ1v) is 8.34. The maximum absolute atomic E-state index is 12.9. The largest absolute Gasteiger partial charge is 0.507 e. The lowest BCUT2D eigenvalue weighted by atomic mass is 10.1. The zero-order valence-corrected chi connectivity index (χ0v) is 14.7. The van der Waals surface area contributed by atoms with Crippen molar-refractivity contribution in [2.24, 2.45) is 0 Å². The zero-order chi connectivity index (χ0) is 18.7. The van der Waals surface area contributed by atoms with Gasteiger partial charge in [0.1, 0.15) is 17.1 Å². The third kappa shape index (κ3) is 3.43. The third-order valence-electron chi connectivity index (χ3n) is 3.73. The molecule has 2 N–H and O–H groups in total. The van der Waals surface area contributed by atoms with Gasteiger partial charge < -0.3 is 9.84 Å². The van der Waals surface area contributed by atoms with Gasteiger partial charge >= 0.3 is 0 Å². The monoisotopic (exact) mass is 368 g/mol. The van der Waals surface area contributed by atoms with Crippen LogP contribution in [0.25, 0.3) is 6.08 Å². The molecule has 1 fully saturated rings. The summed E-state index contributed by atoms with van der Waals surface area (Å²) in [6.45, 7) is 2.34. The van der Waals surface area contributed by atoms with Gasteiger partial charge in [0.25, 0.3) is 11.8 Å². The fourth-order valence-electron chi connectivity index (χ4n) is 2.54. The number of ether oxygens (including phenoxy) is 1. The Balaban J connectivity index is 2.01. The van der Waals surface area contributed by atoms with Crippen molar-refractivity contribution >= 4 is 40.9 Å². The number of amides is 2. The SMILES string of the molecule is CCOc1cccc(N2C(=O)/C(=C/c3ccccc3O)C(=O)NC2=S)c1. The molecular weight excluding hydrogens is 352 g/mol. The van der Waals surface area contributed by atoms with Crippen LogP contribution in [0.1, 0.15) is 12.5 Å². The van der Waals surface area contributed by atoms with Gasteiger partial charge in [-0.15, -0.1) is 0 Å². The molecule has 0 saturated carbocycles. The molecule has 1 saturated heterocycles.